The van der Waals surface area contributed by atoms with Crippen molar-refractivity contribution < 1.29 is 45.3 Å². The zero-order chi connectivity index (χ0) is 35.2. The number of aliphatic imine (C=N–C) groups is 1. The van der Waals surface area contributed by atoms with Crippen LogP contribution in [-0.4, -0.2) is 37.5 Å². The smallest absolute Gasteiger partial charge is 0.416 e. The molecule has 4 aromatic carbocycles. The van der Waals surface area contributed by atoms with E-state index in [0.29, 0.717) is 29.7 Å². The number of rotatable bonds is 8. The second-order valence-corrected chi connectivity index (χ2v) is 12.1. The van der Waals surface area contributed by atoms with Gasteiger partial charge in [0, 0.05) is 28.7 Å². The molecule has 0 saturated heterocycles. The summed E-state index contributed by atoms with van der Waals surface area (Å²) in [5.74, 6) is -0.997. The summed E-state index contributed by atoms with van der Waals surface area (Å²) in [5, 5.41) is 8.90. The minimum absolute atomic E-state index is 0.0000608. The lowest BCUT2D eigenvalue weighted by Crippen LogP contribution is -2.15. The number of carbonyl (C=O) groups excluding carboxylic acids is 1. The van der Waals surface area contributed by atoms with Crippen LogP contribution in [0.3, 0.4) is 0 Å². The van der Waals surface area contributed by atoms with E-state index in [1.165, 1.54) is 24.3 Å². The van der Waals surface area contributed by atoms with Crippen LogP contribution in [-0.2, 0) is 27.2 Å². The first-order valence-electron chi connectivity index (χ1n) is 14.8. The molecule has 0 atom stereocenters. The van der Waals surface area contributed by atoms with E-state index in [4.69, 9.17) is 25.4 Å². The Hall–Kier alpha value is -4.91. The van der Waals surface area contributed by atoms with Gasteiger partial charge in [-0.2, -0.15) is 26.3 Å². The average Bonchev–Trinajstić information content (AvgIpc) is 3.28. The molecule has 1 heterocycles. The molecule has 0 radical (unpaired) electrons. The zero-order valence-electron chi connectivity index (χ0n) is 26.3. The van der Waals surface area contributed by atoms with Crippen molar-refractivity contribution in [2.45, 2.75) is 45.5 Å². The SMILES string of the molecule is CCOCCOC(=O)c1cccc(Oc2cc(C(C)(C)C)cc3cc4c(c(-c5cc(C(F)(F)F)cc(C(F)(F)F)c5)c23)C(N)=NC4=N)c1. The van der Waals surface area contributed by atoms with E-state index in [2.05, 4.69) is 4.99 Å². The van der Waals surface area contributed by atoms with Gasteiger partial charge in [-0.1, -0.05) is 32.9 Å². The molecular formula is C35H31F6N3O4. The van der Waals surface area contributed by atoms with Crippen molar-refractivity contribution in [2.24, 2.45) is 10.7 Å². The van der Waals surface area contributed by atoms with Crippen LogP contribution >= 0.6 is 0 Å². The number of esters is 1. The Morgan fingerprint density at radius 2 is 1.52 bits per heavy atom. The number of halogens is 6. The first-order chi connectivity index (χ1) is 22.4. The lowest BCUT2D eigenvalue weighted by molar-refractivity contribution is -0.143. The number of nitrogens with two attached hydrogens (primary N) is 1. The van der Waals surface area contributed by atoms with Gasteiger partial charge in [0.15, 0.2) is 5.84 Å². The summed E-state index contributed by atoms with van der Waals surface area (Å²) < 4.78 is 101. The number of hydrogen-bond donors (Lipinski definition) is 2. The molecule has 1 aliphatic heterocycles. The third kappa shape index (κ3) is 7.01. The summed E-state index contributed by atoms with van der Waals surface area (Å²) in [6.07, 6.45) is -10.2. The van der Waals surface area contributed by atoms with E-state index in [1.54, 1.807) is 25.1 Å². The van der Waals surface area contributed by atoms with Gasteiger partial charge in [0.25, 0.3) is 0 Å². The van der Waals surface area contributed by atoms with E-state index < -0.39 is 40.4 Å². The summed E-state index contributed by atoms with van der Waals surface area (Å²) in [5.41, 5.74) is 3.06. The van der Waals surface area contributed by atoms with Gasteiger partial charge in [0.1, 0.15) is 23.9 Å². The molecule has 0 aliphatic carbocycles. The molecule has 13 heteroatoms. The molecule has 0 saturated carbocycles. The number of nitrogens with zero attached hydrogens (tertiary/aromatic N) is 1. The summed E-state index contributed by atoms with van der Waals surface area (Å²) in [7, 11) is 0. The second kappa shape index (κ2) is 12.6. The molecule has 0 spiro atoms. The Bertz CT molecular complexity index is 1930. The van der Waals surface area contributed by atoms with Gasteiger partial charge < -0.3 is 19.9 Å². The third-order valence-electron chi connectivity index (χ3n) is 7.65. The van der Waals surface area contributed by atoms with Crippen molar-refractivity contribution in [3.8, 4) is 22.6 Å². The maximum atomic E-state index is 14.0. The Morgan fingerprint density at radius 1 is 0.854 bits per heavy atom. The molecule has 0 unspecified atom stereocenters. The lowest BCUT2D eigenvalue weighted by Gasteiger charge is -2.24. The number of nitrogens with one attached hydrogen (secondary N) is 1. The van der Waals surface area contributed by atoms with E-state index in [0.717, 1.165) is 0 Å². The standard InChI is InChI=1S/C35H31F6N3O4/c1-5-46-9-10-47-32(45)18-7-6-8-24(14-18)48-26-17-21(33(2,3)4)11-20-15-25-29(31(43)44-30(25)42)28(27(20)26)19-12-22(34(36,37)38)16-23(13-19)35(39,40)41/h6-8,11-17H,5,9-10H2,1-4H3,(H3,42,43,44). The highest BCUT2D eigenvalue weighted by Gasteiger charge is 2.38. The summed E-state index contributed by atoms with van der Waals surface area (Å²) in [4.78, 5) is 16.7. The van der Waals surface area contributed by atoms with Crippen LogP contribution in [0.4, 0.5) is 26.3 Å². The van der Waals surface area contributed by atoms with Crippen molar-refractivity contribution >= 4 is 28.4 Å². The van der Waals surface area contributed by atoms with Crippen LogP contribution in [0.15, 0.2) is 65.7 Å². The van der Waals surface area contributed by atoms with Gasteiger partial charge in [-0.3, -0.25) is 5.41 Å². The number of ether oxygens (including phenoxy) is 3. The van der Waals surface area contributed by atoms with Gasteiger partial charge in [-0.25, -0.2) is 9.79 Å². The molecule has 252 valence electrons. The fourth-order valence-corrected chi connectivity index (χ4v) is 5.33. The first-order valence-corrected chi connectivity index (χ1v) is 14.8. The van der Waals surface area contributed by atoms with Crippen molar-refractivity contribution in [1.29, 1.82) is 5.41 Å². The van der Waals surface area contributed by atoms with Gasteiger partial charge in [-0.15, -0.1) is 0 Å². The predicted octanol–water partition coefficient (Wildman–Crippen LogP) is 8.87. The van der Waals surface area contributed by atoms with E-state index in [-0.39, 0.29) is 70.1 Å². The number of hydrogen-bond acceptors (Lipinski definition) is 6. The van der Waals surface area contributed by atoms with Crippen molar-refractivity contribution in [1.82, 2.24) is 0 Å². The van der Waals surface area contributed by atoms with Gasteiger partial charge in [0.05, 0.1) is 23.3 Å². The largest absolute Gasteiger partial charge is 0.460 e. The van der Waals surface area contributed by atoms with Crippen LogP contribution in [0.2, 0.25) is 0 Å². The highest BCUT2D eigenvalue weighted by molar-refractivity contribution is 6.27. The maximum Gasteiger partial charge on any atom is 0.416 e. The van der Waals surface area contributed by atoms with E-state index >= 15 is 0 Å². The van der Waals surface area contributed by atoms with Gasteiger partial charge >= 0.3 is 18.3 Å². The number of fused-ring (bicyclic) bond motifs is 2. The van der Waals surface area contributed by atoms with Crippen molar-refractivity contribution in [3.05, 3.63) is 94.0 Å². The monoisotopic (exact) mass is 671 g/mol. The first kappa shape index (κ1) is 34.4. The quantitative estimate of drug-likeness (QED) is 0.111. The topological polar surface area (TPSA) is 107 Å². The van der Waals surface area contributed by atoms with Crippen LogP contribution < -0.4 is 10.5 Å². The summed E-state index contributed by atoms with van der Waals surface area (Å²) in [6, 6.07) is 12.2. The van der Waals surface area contributed by atoms with Gasteiger partial charge in [-0.05, 0) is 77.4 Å². The van der Waals surface area contributed by atoms with Crippen molar-refractivity contribution in [3.63, 3.8) is 0 Å². The third-order valence-corrected chi connectivity index (χ3v) is 7.65. The molecular weight excluding hydrogens is 640 g/mol. The maximum absolute atomic E-state index is 14.0. The van der Waals surface area contributed by atoms with E-state index in [9.17, 15) is 31.1 Å². The molecule has 5 rings (SSSR count). The summed E-state index contributed by atoms with van der Waals surface area (Å²) in [6.45, 7) is 8.20. The minimum Gasteiger partial charge on any atom is -0.460 e. The molecule has 0 bridgehead atoms. The lowest BCUT2D eigenvalue weighted by atomic mass is 9.82. The second-order valence-electron chi connectivity index (χ2n) is 12.1. The Kier molecular flexibility index (Phi) is 9.04. The summed E-state index contributed by atoms with van der Waals surface area (Å²) >= 11 is 0. The molecule has 0 fully saturated rings. The number of alkyl halides is 6. The fraction of sp³-hybridized carbons (Fsp3) is 0.286. The molecule has 7 nitrogen and oxygen atoms in total. The molecule has 1 aliphatic rings. The van der Waals surface area contributed by atoms with Crippen molar-refractivity contribution in [2.75, 3.05) is 19.8 Å². The predicted molar refractivity (Wildman–Crippen MR) is 169 cm³/mol. The average molecular weight is 672 g/mol. The molecule has 3 N–H and O–H groups in total. The molecule has 0 aromatic heterocycles. The fourth-order valence-electron chi connectivity index (χ4n) is 5.33. The molecule has 48 heavy (non-hydrogen) atoms. The molecule has 4 aromatic rings. The Morgan fingerprint density at radius 3 is 2.12 bits per heavy atom. The van der Waals surface area contributed by atoms with Crippen LogP contribution in [0.5, 0.6) is 11.5 Å². The van der Waals surface area contributed by atoms with Crippen LogP contribution in [0.1, 0.15) is 65.9 Å². The Balaban J connectivity index is 1.80. The highest BCUT2D eigenvalue weighted by Crippen LogP contribution is 2.47. The molecule has 0 amide bonds. The van der Waals surface area contributed by atoms with Crippen LogP contribution in [0.25, 0.3) is 21.9 Å². The minimum atomic E-state index is -5.12. The number of carbonyl (C=O) groups is 1. The zero-order valence-corrected chi connectivity index (χ0v) is 26.3. The van der Waals surface area contributed by atoms with E-state index in [1.807, 2.05) is 20.8 Å². The number of benzene rings is 4. The normalized spacial score (nSPS) is 13.5. The highest BCUT2D eigenvalue weighted by atomic mass is 19.4. The number of amidine groups is 2. The Labute approximate surface area is 271 Å². The van der Waals surface area contributed by atoms with Crippen LogP contribution in [0, 0.1) is 5.41 Å². The van der Waals surface area contributed by atoms with Gasteiger partial charge in [0.2, 0.25) is 0 Å².